The Morgan fingerprint density at radius 2 is 1.81 bits per heavy atom. The van der Waals surface area contributed by atoms with Gasteiger partial charge in [0.1, 0.15) is 0 Å². The van der Waals surface area contributed by atoms with Crippen molar-refractivity contribution in [2.24, 2.45) is 0 Å². The van der Waals surface area contributed by atoms with E-state index in [1.807, 2.05) is 42.5 Å². The maximum Gasteiger partial charge on any atom is 0.0426 e. The largest absolute Gasteiger partial charge is 0.398 e. The van der Waals surface area contributed by atoms with Crippen LogP contribution in [0, 0.1) is 0 Å². The zero-order valence-corrected chi connectivity index (χ0v) is 9.54. The van der Waals surface area contributed by atoms with Crippen molar-refractivity contribution in [1.29, 1.82) is 0 Å². The van der Waals surface area contributed by atoms with Gasteiger partial charge in [0, 0.05) is 22.9 Å². The summed E-state index contributed by atoms with van der Waals surface area (Å²) >= 11 is 5.83. The minimum absolute atomic E-state index is 0.668. The number of nitrogens with two attached hydrogens (primary N) is 1. The lowest BCUT2D eigenvalue weighted by molar-refractivity contribution is 1.15. The second kappa shape index (κ2) is 4.90. The summed E-state index contributed by atoms with van der Waals surface area (Å²) in [4.78, 5) is 0. The second-order valence-corrected chi connectivity index (χ2v) is 4.00. The van der Waals surface area contributed by atoms with Gasteiger partial charge in [-0.05, 0) is 29.8 Å². The fourth-order valence-electron chi connectivity index (χ4n) is 1.48. The minimum Gasteiger partial charge on any atom is -0.398 e. The smallest absolute Gasteiger partial charge is 0.0426 e. The lowest BCUT2D eigenvalue weighted by Gasteiger charge is -2.08. The molecule has 16 heavy (non-hydrogen) atoms. The zero-order chi connectivity index (χ0) is 11.4. The van der Waals surface area contributed by atoms with Gasteiger partial charge in [-0.25, -0.2) is 0 Å². The molecule has 0 heterocycles. The number of benzene rings is 2. The van der Waals surface area contributed by atoms with E-state index in [-0.39, 0.29) is 0 Å². The standard InChI is InChI=1S/C13H13ClN2/c14-11-7-6-10(13(15)8-11)9-16-12-4-2-1-3-5-12/h1-8,16H,9,15H2. The van der Waals surface area contributed by atoms with Crippen molar-refractivity contribution in [3.05, 3.63) is 59.1 Å². The Hall–Kier alpha value is -1.67. The highest BCUT2D eigenvalue weighted by atomic mass is 35.5. The predicted octanol–water partition coefficient (Wildman–Crippen LogP) is 3.53. The van der Waals surface area contributed by atoms with Gasteiger partial charge in [-0.1, -0.05) is 35.9 Å². The number of para-hydroxylation sites is 1. The first-order valence-electron chi connectivity index (χ1n) is 5.08. The number of halogens is 1. The first-order chi connectivity index (χ1) is 7.75. The van der Waals surface area contributed by atoms with Gasteiger partial charge in [0.25, 0.3) is 0 Å². The van der Waals surface area contributed by atoms with Gasteiger partial charge in [0.15, 0.2) is 0 Å². The maximum atomic E-state index is 5.86. The molecule has 0 spiro atoms. The van der Waals surface area contributed by atoms with Crippen molar-refractivity contribution in [1.82, 2.24) is 0 Å². The average molecular weight is 233 g/mol. The molecule has 0 atom stereocenters. The fourth-order valence-corrected chi connectivity index (χ4v) is 1.66. The van der Waals surface area contributed by atoms with Crippen LogP contribution in [0.4, 0.5) is 11.4 Å². The maximum absolute atomic E-state index is 5.86. The van der Waals surface area contributed by atoms with Gasteiger partial charge in [-0.3, -0.25) is 0 Å². The van der Waals surface area contributed by atoms with Crippen LogP contribution in [-0.2, 0) is 6.54 Å². The summed E-state index contributed by atoms with van der Waals surface area (Å²) in [5, 5.41) is 3.97. The summed E-state index contributed by atoms with van der Waals surface area (Å²) in [6.45, 7) is 0.701. The predicted molar refractivity (Wildman–Crippen MR) is 69.6 cm³/mol. The molecule has 0 saturated carbocycles. The Morgan fingerprint density at radius 1 is 1.06 bits per heavy atom. The van der Waals surface area contributed by atoms with Crippen molar-refractivity contribution < 1.29 is 0 Å². The van der Waals surface area contributed by atoms with Gasteiger partial charge in [0.2, 0.25) is 0 Å². The second-order valence-electron chi connectivity index (χ2n) is 3.56. The van der Waals surface area contributed by atoms with Crippen LogP contribution in [0.5, 0.6) is 0 Å². The molecule has 0 aliphatic rings. The van der Waals surface area contributed by atoms with Gasteiger partial charge in [0.05, 0.1) is 0 Å². The van der Waals surface area contributed by atoms with Crippen LogP contribution in [0.15, 0.2) is 48.5 Å². The molecule has 0 aliphatic heterocycles. The summed E-state index contributed by atoms with van der Waals surface area (Å²) in [7, 11) is 0. The number of anilines is 2. The Bertz CT molecular complexity index is 469. The molecule has 0 amide bonds. The van der Waals surface area contributed by atoms with E-state index >= 15 is 0 Å². The number of nitrogen functional groups attached to an aromatic ring is 1. The van der Waals surface area contributed by atoms with Crippen molar-refractivity contribution in [2.75, 3.05) is 11.1 Å². The van der Waals surface area contributed by atoms with Crippen LogP contribution in [0.1, 0.15) is 5.56 Å². The molecule has 0 bridgehead atoms. The average Bonchev–Trinajstić information content (AvgIpc) is 2.29. The van der Waals surface area contributed by atoms with Crippen LogP contribution in [0.3, 0.4) is 0 Å². The van der Waals surface area contributed by atoms with E-state index in [9.17, 15) is 0 Å². The Balaban J connectivity index is 2.05. The van der Waals surface area contributed by atoms with Crippen molar-refractivity contribution in [3.8, 4) is 0 Å². The fraction of sp³-hybridized carbons (Fsp3) is 0.0769. The Kier molecular flexibility index (Phi) is 3.32. The number of hydrogen-bond donors (Lipinski definition) is 2. The third kappa shape index (κ3) is 2.67. The molecule has 0 radical (unpaired) electrons. The molecule has 2 nitrogen and oxygen atoms in total. The summed E-state index contributed by atoms with van der Waals surface area (Å²) in [6, 6.07) is 15.6. The van der Waals surface area contributed by atoms with Crippen LogP contribution in [0.2, 0.25) is 5.02 Å². The molecule has 0 saturated heterocycles. The lowest BCUT2D eigenvalue weighted by Crippen LogP contribution is -2.02. The molecule has 0 fully saturated rings. The van der Waals surface area contributed by atoms with Crippen LogP contribution in [-0.4, -0.2) is 0 Å². The normalized spacial score (nSPS) is 10.1. The van der Waals surface area contributed by atoms with Gasteiger partial charge in [-0.2, -0.15) is 0 Å². The third-order valence-corrected chi connectivity index (χ3v) is 2.60. The summed E-state index contributed by atoms with van der Waals surface area (Å²) in [6.07, 6.45) is 0. The van der Waals surface area contributed by atoms with Gasteiger partial charge in [-0.15, -0.1) is 0 Å². The molecule has 3 N–H and O–H groups in total. The SMILES string of the molecule is Nc1cc(Cl)ccc1CNc1ccccc1. The van der Waals surface area contributed by atoms with Crippen molar-refractivity contribution in [3.63, 3.8) is 0 Å². The van der Waals surface area contributed by atoms with Gasteiger partial charge < -0.3 is 11.1 Å². The highest BCUT2D eigenvalue weighted by Crippen LogP contribution is 2.19. The Labute approximate surface area is 100 Å². The molecule has 82 valence electrons. The molecule has 0 aromatic heterocycles. The van der Waals surface area contributed by atoms with E-state index in [4.69, 9.17) is 17.3 Å². The van der Waals surface area contributed by atoms with Crippen LogP contribution < -0.4 is 11.1 Å². The van der Waals surface area contributed by atoms with Crippen LogP contribution >= 0.6 is 11.6 Å². The topological polar surface area (TPSA) is 38.0 Å². The molecule has 2 aromatic carbocycles. The van der Waals surface area contributed by atoms with Crippen molar-refractivity contribution >= 4 is 23.0 Å². The number of hydrogen-bond acceptors (Lipinski definition) is 2. The summed E-state index contributed by atoms with van der Waals surface area (Å²) in [5.74, 6) is 0. The molecule has 3 heteroatoms. The van der Waals surface area contributed by atoms with E-state index in [1.165, 1.54) is 0 Å². The molecular formula is C13H13ClN2. The van der Waals surface area contributed by atoms with E-state index in [0.29, 0.717) is 11.6 Å². The molecule has 0 unspecified atom stereocenters. The van der Waals surface area contributed by atoms with Gasteiger partial charge >= 0.3 is 0 Å². The van der Waals surface area contributed by atoms with E-state index in [1.54, 1.807) is 6.07 Å². The van der Waals surface area contributed by atoms with Crippen molar-refractivity contribution in [2.45, 2.75) is 6.54 Å². The summed E-state index contributed by atoms with van der Waals surface area (Å²) in [5.41, 5.74) is 8.71. The van der Waals surface area contributed by atoms with Crippen LogP contribution in [0.25, 0.3) is 0 Å². The molecule has 2 aromatic rings. The van der Waals surface area contributed by atoms with E-state index in [2.05, 4.69) is 5.32 Å². The Morgan fingerprint density at radius 3 is 2.50 bits per heavy atom. The molecular weight excluding hydrogens is 220 g/mol. The summed E-state index contributed by atoms with van der Waals surface area (Å²) < 4.78 is 0. The highest BCUT2D eigenvalue weighted by molar-refractivity contribution is 6.30. The number of nitrogens with one attached hydrogen (secondary N) is 1. The quantitative estimate of drug-likeness (QED) is 0.795. The lowest BCUT2D eigenvalue weighted by atomic mass is 10.2. The third-order valence-electron chi connectivity index (χ3n) is 2.36. The minimum atomic E-state index is 0.668. The first kappa shape index (κ1) is 10.8. The zero-order valence-electron chi connectivity index (χ0n) is 8.78. The monoisotopic (exact) mass is 232 g/mol. The highest BCUT2D eigenvalue weighted by Gasteiger charge is 1.99. The van der Waals surface area contributed by atoms with E-state index < -0.39 is 0 Å². The first-order valence-corrected chi connectivity index (χ1v) is 5.46. The van der Waals surface area contributed by atoms with E-state index in [0.717, 1.165) is 16.9 Å². The number of rotatable bonds is 3. The molecule has 0 aliphatic carbocycles. The molecule has 2 rings (SSSR count).